The average Bonchev–Trinajstić information content (AvgIpc) is 2.94. The first-order valence-electron chi connectivity index (χ1n) is 8.13. The van der Waals surface area contributed by atoms with Gasteiger partial charge < -0.3 is 9.64 Å². The molecular formula is C18H19FN4O2. The Hall–Kier alpha value is -2.88. The van der Waals surface area contributed by atoms with Gasteiger partial charge in [-0.3, -0.25) is 4.68 Å². The van der Waals surface area contributed by atoms with E-state index in [4.69, 9.17) is 4.74 Å². The number of aromatic nitrogens is 2. The molecule has 2 heterocycles. The number of carbonyl (C=O) groups is 1. The highest BCUT2D eigenvalue weighted by molar-refractivity contribution is 5.90. The predicted octanol–water partition coefficient (Wildman–Crippen LogP) is 2.57. The summed E-state index contributed by atoms with van der Waals surface area (Å²) in [6.07, 6.45) is 2.81. The Kier molecular flexibility index (Phi) is 4.70. The van der Waals surface area contributed by atoms with E-state index >= 15 is 0 Å². The summed E-state index contributed by atoms with van der Waals surface area (Å²) >= 11 is 0. The zero-order chi connectivity index (χ0) is 18.0. The standard InChI is InChI=1S/C18H19FN4O2/c1-12-16(10-21-22(12)2)18(24)25-15-4-3-7-23(11-15)17-6-5-14(19)8-13(17)9-20/h5-6,8,10,15H,3-4,7,11H2,1-2H3/t15-/m0/s1. The van der Waals surface area contributed by atoms with Crippen molar-refractivity contribution in [1.29, 1.82) is 5.26 Å². The van der Waals surface area contributed by atoms with Gasteiger partial charge in [-0.25, -0.2) is 9.18 Å². The molecule has 1 aliphatic heterocycles. The molecule has 0 unspecified atom stereocenters. The Balaban J connectivity index is 1.73. The van der Waals surface area contributed by atoms with Gasteiger partial charge >= 0.3 is 5.97 Å². The number of hydrogen-bond donors (Lipinski definition) is 0. The number of piperidine rings is 1. The van der Waals surface area contributed by atoms with Crippen molar-refractivity contribution in [2.45, 2.75) is 25.9 Å². The van der Waals surface area contributed by atoms with Gasteiger partial charge in [-0.1, -0.05) is 0 Å². The molecule has 0 spiro atoms. The Morgan fingerprint density at radius 3 is 2.96 bits per heavy atom. The highest BCUT2D eigenvalue weighted by atomic mass is 19.1. The second kappa shape index (κ2) is 6.93. The number of aryl methyl sites for hydroxylation is 1. The topological polar surface area (TPSA) is 71.2 Å². The number of halogens is 1. The average molecular weight is 342 g/mol. The molecule has 25 heavy (non-hydrogen) atoms. The molecule has 130 valence electrons. The first-order chi connectivity index (χ1) is 12.0. The van der Waals surface area contributed by atoms with Crippen LogP contribution in [0.25, 0.3) is 0 Å². The summed E-state index contributed by atoms with van der Waals surface area (Å²) in [5.41, 5.74) is 2.17. The van der Waals surface area contributed by atoms with Gasteiger partial charge in [0.1, 0.15) is 23.6 Å². The molecule has 1 saturated heterocycles. The SMILES string of the molecule is Cc1c(C(=O)O[C@H]2CCCN(c3ccc(F)cc3C#N)C2)cnn1C. The monoisotopic (exact) mass is 342 g/mol. The molecule has 0 radical (unpaired) electrons. The summed E-state index contributed by atoms with van der Waals surface area (Å²) < 4.78 is 20.6. The fourth-order valence-electron chi connectivity index (χ4n) is 3.04. The molecule has 0 saturated carbocycles. The van der Waals surface area contributed by atoms with Gasteiger partial charge in [0.25, 0.3) is 0 Å². The first-order valence-corrected chi connectivity index (χ1v) is 8.13. The number of nitrogens with zero attached hydrogens (tertiary/aromatic N) is 4. The maximum atomic E-state index is 13.3. The normalized spacial score (nSPS) is 17.2. The van der Waals surface area contributed by atoms with E-state index in [0.717, 1.165) is 25.1 Å². The lowest BCUT2D eigenvalue weighted by molar-refractivity contribution is 0.0269. The molecule has 1 atom stereocenters. The number of rotatable bonds is 3. The van der Waals surface area contributed by atoms with Crippen LogP contribution in [0.1, 0.15) is 34.5 Å². The molecule has 2 aromatic rings. The quantitative estimate of drug-likeness (QED) is 0.802. The first kappa shape index (κ1) is 17.0. The van der Waals surface area contributed by atoms with Crippen molar-refractivity contribution in [3.8, 4) is 6.07 Å². The van der Waals surface area contributed by atoms with E-state index in [-0.39, 0.29) is 11.7 Å². The molecule has 1 aromatic heterocycles. The molecule has 6 nitrogen and oxygen atoms in total. The van der Waals surface area contributed by atoms with Crippen molar-refractivity contribution in [3.63, 3.8) is 0 Å². The van der Waals surface area contributed by atoms with E-state index in [0.29, 0.717) is 17.8 Å². The van der Waals surface area contributed by atoms with Crippen LogP contribution in [-0.4, -0.2) is 34.9 Å². The van der Waals surface area contributed by atoms with Gasteiger partial charge in [-0.2, -0.15) is 10.4 Å². The zero-order valence-electron chi connectivity index (χ0n) is 14.2. The van der Waals surface area contributed by atoms with E-state index < -0.39 is 11.8 Å². The van der Waals surface area contributed by atoms with Crippen molar-refractivity contribution in [2.75, 3.05) is 18.0 Å². The number of hydrogen-bond acceptors (Lipinski definition) is 5. The van der Waals surface area contributed by atoms with Gasteiger partial charge in [-0.15, -0.1) is 0 Å². The number of nitriles is 1. The van der Waals surface area contributed by atoms with Gasteiger partial charge in [0.2, 0.25) is 0 Å². The van der Waals surface area contributed by atoms with Gasteiger partial charge in [0.05, 0.1) is 24.0 Å². The third-order valence-electron chi connectivity index (χ3n) is 4.53. The summed E-state index contributed by atoms with van der Waals surface area (Å²) in [7, 11) is 1.77. The van der Waals surface area contributed by atoms with Crippen LogP contribution in [0.4, 0.5) is 10.1 Å². The second-order valence-electron chi connectivity index (χ2n) is 6.16. The van der Waals surface area contributed by atoms with Crippen molar-refractivity contribution in [2.24, 2.45) is 7.05 Å². The summed E-state index contributed by atoms with van der Waals surface area (Å²) in [5.74, 6) is -0.829. The number of ether oxygens (including phenoxy) is 1. The van der Waals surface area contributed by atoms with Crippen LogP contribution >= 0.6 is 0 Å². The minimum absolute atomic E-state index is 0.280. The molecule has 0 bridgehead atoms. The summed E-state index contributed by atoms with van der Waals surface area (Å²) in [6.45, 7) is 3.03. The Bertz CT molecular complexity index is 840. The molecular weight excluding hydrogens is 323 g/mol. The summed E-state index contributed by atoms with van der Waals surface area (Å²) in [6, 6.07) is 6.19. The molecule has 0 aliphatic carbocycles. The minimum atomic E-state index is -0.438. The third kappa shape index (κ3) is 3.48. The molecule has 1 fully saturated rings. The molecule has 7 heteroatoms. The predicted molar refractivity (Wildman–Crippen MR) is 89.7 cm³/mol. The van der Waals surface area contributed by atoms with E-state index in [2.05, 4.69) is 5.10 Å². The van der Waals surface area contributed by atoms with E-state index in [1.54, 1.807) is 17.8 Å². The Morgan fingerprint density at radius 2 is 2.28 bits per heavy atom. The number of anilines is 1. The Labute approximate surface area is 145 Å². The van der Waals surface area contributed by atoms with Crippen LogP contribution in [0.15, 0.2) is 24.4 Å². The fraction of sp³-hybridized carbons (Fsp3) is 0.389. The van der Waals surface area contributed by atoms with Gasteiger partial charge in [-0.05, 0) is 38.0 Å². The van der Waals surface area contributed by atoms with Crippen LogP contribution in [0.3, 0.4) is 0 Å². The molecule has 1 aromatic carbocycles. The summed E-state index contributed by atoms with van der Waals surface area (Å²) in [5, 5.41) is 13.3. The van der Waals surface area contributed by atoms with Crippen LogP contribution in [0, 0.1) is 24.1 Å². The lowest BCUT2D eigenvalue weighted by Gasteiger charge is -2.34. The van der Waals surface area contributed by atoms with E-state index in [1.165, 1.54) is 18.3 Å². The lowest BCUT2D eigenvalue weighted by atomic mass is 10.1. The number of benzene rings is 1. The van der Waals surface area contributed by atoms with E-state index in [1.807, 2.05) is 17.9 Å². The number of esters is 1. The molecule has 0 amide bonds. The van der Waals surface area contributed by atoms with Crippen molar-refractivity contribution in [1.82, 2.24) is 9.78 Å². The number of carbonyl (C=O) groups excluding carboxylic acids is 1. The zero-order valence-corrected chi connectivity index (χ0v) is 14.2. The van der Waals surface area contributed by atoms with Crippen LogP contribution in [-0.2, 0) is 11.8 Å². The highest BCUT2D eigenvalue weighted by Gasteiger charge is 2.26. The van der Waals surface area contributed by atoms with Crippen molar-refractivity contribution >= 4 is 11.7 Å². The maximum Gasteiger partial charge on any atom is 0.341 e. The third-order valence-corrected chi connectivity index (χ3v) is 4.53. The van der Waals surface area contributed by atoms with E-state index in [9.17, 15) is 14.4 Å². The fourth-order valence-corrected chi connectivity index (χ4v) is 3.04. The van der Waals surface area contributed by atoms with Gasteiger partial charge in [0.15, 0.2) is 0 Å². The molecule has 0 N–H and O–H groups in total. The summed E-state index contributed by atoms with van der Waals surface area (Å²) in [4.78, 5) is 14.3. The minimum Gasteiger partial charge on any atom is -0.457 e. The smallest absolute Gasteiger partial charge is 0.341 e. The second-order valence-corrected chi connectivity index (χ2v) is 6.16. The van der Waals surface area contributed by atoms with Crippen LogP contribution < -0.4 is 4.90 Å². The van der Waals surface area contributed by atoms with Gasteiger partial charge in [0, 0.05) is 19.3 Å². The van der Waals surface area contributed by atoms with Crippen LogP contribution in [0.2, 0.25) is 0 Å². The largest absolute Gasteiger partial charge is 0.457 e. The van der Waals surface area contributed by atoms with Crippen LogP contribution in [0.5, 0.6) is 0 Å². The maximum absolute atomic E-state index is 13.3. The lowest BCUT2D eigenvalue weighted by Crippen LogP contribution is -2.41. The molecule has 1 aliphatic rings. The Morgan fingerprint density at radius 1 is 1.48 bits per heavy atom. The van der Waals surface area contributed by atoms with Crippen molar-refractivity contribution < 1.29 is 13.9 Å². The van der Waals surface area contributed by atoms with Crippen molar-refractivity contribution in [3.05, 3.63) is 47.0 Å². The molecule has 3 rings (SSSR count). The highest BCUT2D eigenvalue weighted by Crippen LogP contribution is 2.26.